The second-order valence-electron chi connectivity index (χ2n) is 8.63. The van der Waals surface area contributed by atoms with Crippen molar-refractivity contribution in [2.75, 3.05) is 32.7 Å². The highest BCUT2D eigenvalue weighted by atomic mass is 35.5. The molecule has 1 aromatic carbocycles. The van der Waals surface area contributed by atoms with Crippen molar-refractivity contribution in [1.29, 1.82) is 0 Å². The van der Waals surface area contributed by atoms with E-state index in [9.17, 15) is 14.4 Å². The van der Waals surface area contributed by atoms with Crippen LogP contribution in [0.4, 0.5) is 0 Å². The molecule has 0 unspecified atom stereocenters. The summed E-state index contributed by atoms with van der Waals surface area (Å²) in [7, 11) is 0. The van der Waals surface area contributed by atoms with E-state index in [1.54, 1.807) is 42.2 Å². The molecule has 1 N–H and O–H groups in total. The van der Waals surface area contributed by atoms with Crippen molar-refractivity contribution >= 4 is 40.0 Å². The highest BCUT2D eigenvalue weighted by molar-refractivity contribution is 6.34. The maximum Gasteiger partial charge on any atom is 0.280 e. The maximum atomic E-state index is 13.3. The van der Waals surface area contributed by atoms with Gasteiger partial charge in [-0.2, -0.15) is 0 Å². The van der Waals surface area contributed by atoms with Gasteiger partial charge in [0.25, 0.3) is 11.1 Å². The van der Waals surface area contributed by atoms with Gasteiger partial charge in [-0.05, 0) is 30.7 Å². The molecule has 0 atom stereocenters. The van der Waals surface area contributed by atoms with Gasteiger partial charge < -0.3 is 9.47 Å². The number of pyridine rings is 1. The Morgan fingerprint density at radius 2 is 1.81 bits per heavy atom. The van der Waals surface area contributed by atoms with Crippen LogP contribution >= 0.6 is 23.2 Å². The summed E-state index contributed by atoms with van der Waals surface area (Å²) in [4.78, 5) is 43.2. The number of H-pyrrole nitrogens is 1. The molecule has 3 heterocycles. The lowest BCUT2D eigenvalue weighted by Gasteiger charge is -2.35. The van der Waals surface area contributed by atoms with Crippen LogP contribution < -0.4 is 11.1 Å². The Morgan fingerprint density at radius 3 is 2.47 bits per heavy atom. The van der Waals surface area contributed by atoms with Crippen molar-refractivity contribution in [3.63, 3.8) is 0 Å². The molecule has 3 aromatic rings. The van der Waals surface area contributed by atoms with Crippen molar-refractivity contribution in [2.45, 2.75) is 13.5 Å². The van der Waals surface area contributed by atoms with Crippen LogP contribution in [0.2, 0.25) is 10.0 Å². The molecule has 1 amide bonds. The van der Waals surface area contributed by atoms with Crippen LogP contribution in [-0.4, -0.2) is 62.8 Å². The van der Waals surface area contributed by atoms with Gasteiger partial charge in [0.1, 0.15) is 6.54 Å². The van der Waals surface area contributed by atoms with Gasteiger partial charge in [0.05, 0.1) is 21.6 Å². The summed E-state index contributed by atoms with van der Waals surface area (Å²) in [5.74, 6) is -0.168. The Kier molecular flexibility index (Phi) is 7.68. The van der Waals surface area contributed by atoms with Crippen molar-refractivity contribution in [1.82, 2.24) is 24.1 Å². The maximum absolute atomic E-state index is 13.3. The van der Waals surface area contributed by atoms with Crippen LogP contribution in [0.5, 0.6) is 0 Å². The molecule has 8 nitrogen and oxygen atoms in total. The van der Waals surface area contributed by atoms with E-state index in [2.05, 4.69) is 23.2 Å². The van der Waals surface area contributed by atoms with Gasteiger partial charge in [-0.25, -0.2) is 4.68 Å². The zero-order valence-electron chi connectivity index (χ0n) is 20.0. The molecule has 1 aliphatic heterocycles. The summed E-state index contributed by atoms with van der Waals surface area (Å²) in [5.41, 5.74) is 1.46. The number of carbonyl (C=O) groups is 1. The number of rotatable bonds is 7. The first kappa shape index (κ1) is 25.8. The Morgan fingerprint density at radius 1 is 1.08 bits per heavy atom. The number of halogens is 2. The van der Waals surface area contributed by atoms with E-state index in [0.29, 0.717) is 58.5 Å². The molecule has 0 aliphatic carbocycles. The third kappa shape index (κ3) is 5.11. The number of carbonyl (C=O) groups excluding carboxylic acids is 1. The van der Waals surface area contributed by atoms with E-state index < -0.39 is 0 Å². The molecule has 0 spiro atoms. The lowest BCUT2D eigenvalue weighted by Crippen LogP contribution is -2.50. The molecule has 188 valence electrons. The van der Waals surface area contributed by atoms with Crippen molar-refractivity contribution in [3.8, 4) is 5.69 Å². The third-order valence-electron chi connectivity index (χ3n) is 6.39. The molecule has 4 rings (SSSR count). The average Bonchev–Trinajstić information content (AvgIpc) is 3.18. The number of aromatic amines is 1. The summed E-state index contributed by atoms with van der Waals surface area (Å²) >= 11 is 12.4. The van der Waals surface area contributed by atoms with E-state index in [0.717, 1.165) is 12.1 Å². The van der Waals surface area contributed by atoms with Crippen LogP contribution in [0.3, 0.4) is 0 Å². The van der Waals surface area contributed by atoms with E-state index in [-0.39, 0.29) is 23.6 Å². The molecule has 0 radical (unpaired) electrons. The number of aryl methyl sites for hydroxylation is 1. The van der Waals surface area contributed by atoms with Crippen LogP contribution in [0.25, 0.3) is 16.6 Å². The van der Waals surface area contributed by atoms with Gasteiger partial charge in [-0.1, -0.05) is 54.6 Å². The highest BCUT2D eigenvalue weighted by Crippen LogP contribution is 2.24. The Labute approximate surface area is 218 Å². The standard InChI is InChI=1S/C26H27Cl2N5O3/c1-4-6-18(5-2)15-30-9-11-31(12-10-30)24(35)16-32-17(3)25-21(14-23(32)34)29-33(26(25)36)22-13-19(27)7-8-20(22)28/h4-8,13-14,29H,1-2,9-12,15-16H2,3H3/b18-6+. The lowest BCUT2D eigenvalue weighted by molar-refractivity contribution is -0.133. The van der Waals surface area contributed by atoms with Gasteiger partial charge in [-0.15, -0.1) is 0 Å². The van der Waals surface area contributed by atoms with Crippen molar-refractivity contribution < 1.29 is 4.79 Å². The number of piperazine rings is 1. The van der Waals surface area contributed by atoms with Gasteiger partial charge >= 0.3 is 0 Å². The molecule has 0 bridgehead atoms. The fourth-order valence-electron chi connectivity index (χ4n) is 4.42. The zero-order chi connectivity index (χ0) is 26.0. The monoisotopic (exact) mass is 527 g/mol. The largest absolute Gasteiger partial charge is 0.339 e. The molecule has 1 fully saturated rings. The lowest BCUT2D eigenvalue weighted by atomic mass is 10.2. The fourth-order valence-corrected chi connectivity index (χ4v) is 4.79. The second-order valence-corrected chi connectivity index (χ2v) is 9.47. The smallest absolute Gasteiger partial charge is 0.280 e. The first-order valence-electron chi connectivity index (χ1n) is 11.5. The Balaban J connectivity index is 1.56. The minimum atomic E-state index is -0.382. The van der Waals surface area contributed by atoms with E-state index in [1.807, 2.05) is 6.08 Å². The van der Waals surface area contributed by atoms with Crippen molar-refractivity contribution in [3.05, 3.63) is 97.7 Å². The summed E-state index contributed by atoms with van der Waals surface area (Å²) < 4.78 is 2.61. The molecule has 36 heavy (non-hydrogen) atoms. The van der Waals surface area contributed by atoms with E-state index >= 15 is 0 Å². The molecule has 10 heteroatoms. The van der Waals surface area contributed by atoms with Crippen LogP contribution in [0, 0.1) is 6.92 Å². The second kappa shape index (κ2) is 10.7. The van der Waals surface area contributed by atoms with Gasteiger partial charge in [-0.3, -0.25) is 24.4 Å². The average molecular weight is 528 g/mol. The predicted molar refractivity (Wildman–Crippen MR) is 144 cm³/mol. The third-order valence-corrected chi connectivity index (χ3v) is 6.94. The minimum Gasteiger partial charge on any atom is -0.339 e. The van der Waals surface area contributed by atoms with Gasteiger partial charge in [0.2, 0.25) is 5.91 Å². The first-order valence-corrected chi connectivity index (χ1v) is 12.2. The van der Waals surface area contributed by atoms with Gasteiger partial charge in [0, 0.05) is 49.5 Å². The van der Waals surface area contributed by atoms with Gasteiger partial charge in [0.15, 0.2) is 0 Å². The number of allylic oxidation sites excluding steroid dienone is 2. The normalized spacial score (nSPS) is 14.9. The number of amides is 1. The Bertz CT molecular complexity index is 1490. The summed E-state index contributed by atoms with van der Waals surface area (Å²) in [6.45, 7) is 12.3. The molecule has 1 aliphatic rings. The summed E-state index contributed by atoms with van der Waals surface area (Å²) in [6, 6.07) is 6.11. The number of aromatic nitrogens is 3. The van der Waals surface area contributed by atoms with Crippen LogP contribution in [-0.2, 0) is 11.3 Å². The van der Waals surface area contributed by atoms with E-state index in [4.69, 9.17) is 23.2 Å². The fraction of sp³-hybridized carbons (Fsp3) is 0.269. The predicted octanol–water partition coefficient (Wildman–Crippen LogP) is 3.54. The number of benzene rings is 1. The zero-order valence-corrected chi connectivity index (χ0v) is 21.5. The number of fused-ring (bicyclic) bond motifs is 1. The Hall–Kier alpha value is -3.33. The molecular weight excluding hydrogens is 501 g/mol. The van der Waals surface area contributed by atoms with Crippen LogP contribution in [0.1, 0.15) is 5.69 Å². The molecular formula is C26H27Cl2N5O3. The SMILES string of the molecule is C=C/C=C(\C=C)CN1CCN(C(=O)Cn2c(C)c3c(=O)n(-c4cc(Cl)ccc4Cl)[nH]c3cc2=O)CC1. The molecule has 2 aromatic heterocycles. The quantitative estimate of drug-likeness (QED) is 0.476. The highest BCUT2D eigenvalue weighted by Gasteiger charge is 2.23. The molecule has 0 saturated carbocycles. The summed E-state index contributed by atoms with van der Waals surface area (Å²) in [5, 5.41) is 4.00. The van der Waals surface area contributed by atoms with E-state index in [1.165, 1.54) is 15.3 Å². The first-order chi connectivity index (χ1) is 17.2. The number of hydrogen-bond acceptors (Lipinski definition) is 4. The van der Waals surface area contributed by atoms with Crippen LogP contribution in [0.15, 0.2) is 70.8 Å². The number of nitrogens with one attached hydrogen (secondary N) is 1. The van der Waals surface area contributed by atoms with Crippen molar-refractivity contribution in [2.24, 2.45) is 0 Å². The molecule has 1 saturated heterocycles. The minimum absolute atomic E-state index is 0.141. The number of nitrogens with zero attached hydrogens (tertiary/aromatic N) is 4. The number of hydrogen-bond donors (Lipinski definition) is 1. The topological polar surface area (TPSA) is 83.3 Å². The summed E-state index contributed by atoms with van der Waals surface area (Å²) in [6.07, 6.45) is 5.46.